The van der Waals surface area contributed by atoms with Crippen LogP contribution in [0.25, 0.3) is 0 Å². The van der Waals surface area contributed by atoms with Crippen molar-refractivity contribution in [2.24, 2.45) is 5.73 Å². The van der Waals surface area contributed by atoms with Crippen LogP contribution in [-0.4, -0.2) is 63.5 Å². The fourth-order valence-corrected chi connectivity index (χ4v) is 3.88. The highest BCUT2D eigenvalue weighted by Crippen LogP contribution is 2.42. The number of amides is 2. The van der Waals surface area contributed by atoms with E-state index in [9.17, 15) is 9.59 Å². The largest absolute Gasteiger partial charge is 0.444 e. The number of aromatic nitrogens is 2. The Balaban J connectivity index is 1.79. The maximum absolute atomic E-state index is 12.3. The number of imidazole rings is 1. The van der Waals surface area contributed by atoms with Crippen molar-refractivity contribution in [3.05, 3.63) is 17.7 Å². The maximum atomic E-state index is 12.3. The van der Waals surface area contributed by atoms with E-state index < -0.39 is 5.60 Å². The predicted octanol–water partition coefficient (Wildman–Crippen LogP) is 0.979. The van der Waals surface area contributed by atoms with Gasteiger partial charge in [-0.05, 0) is 33.6 Å². The number of rotatable bonds is 2. The lowest BCUT2D eigenvalue weighted by atomic mass is 9.78. The van der Waals surface area contributed by atoms with Crippen molar-refractivity contribution in [1.82, 2.24) is 19.8 Å². The average molecular weight is 349 g/mol. The number of aromatic amines is 1. The predicted molar refractivity (Wildman–Crippen MR) is 91.8 cm³/mol. The first-order chi connectivity index (χ1) is 11.7. The number of fused-ring (bicyclic) bond motifs is 2. The van der Waals surface area contributed by atoms with Gasteiger partial charge in [0.15, 0.2) is 0 Å². The number of H-pyrrole nitrogens is 1. The molecule has 8 nitrogen and oxygen atoms in total. The van der Waals surface area contributed by atoms with Gasteiger partial charge in [0.1, 0.15) is 5.60 Å². The lowest BCUT2D eigenvalue weighted by Crippen LogP contribution is -2.59. The Kier molecular flexibility index (Phi) is 4.49. The summed E-state index contributed by atoms with van der Waals surface area (Å²) in [7, 11) is 0. The molecule has 1 aromatic rings. The second-order valence-electron chi connectivity index (χ2n) is 7.87. The van der Waals surface area contributed by atoms with E-state index >= 15 is 0 Å². The summed E-state index contributed by atoms with van der Waals surface area (Å²) in [4.78, 5) is 35.5. The Labute approximate surface area is 147 Å². The van der Waals surface area contributed by atoms with Gasteiger partial charge < -0.3 is 20.4 Å². The molecule has 2 aliphatic heterocycles. The van der Waals surface area contributed by atoms with Crippen molar-refractivity contribution < 1.29 is 14.3 Å². The SMILES string of the molecule is CC(C)(C)OC(=O)N1CCC2(CC1)c1nc[nH]c1CCN2CC(N)=O. The Bertz CT molecular complexity index is 655. The smallest absolute Gasteiger partial charge is 0.410 e. The fraction of sp³-hybridized carbons (Fsp3) is 0.706. The van der Waals surface area contributed by atoms with E-state index in [2.05, 4.69) is 14.9 Å². The zero-order chi connectivity index (χ0) is 18.2. The van der Waals surface area contributed by atoms with Gasteiger partial charge in [-0.25, -0.2) is 9.78 Å². The molecule has 2 amide bonds. The van der Waals surface area contributed by atoms with Crippen molar-refractivity contribution in [3.63, 3.8) is 0 Å². The van der Waals surface area contributed by atoms with Gasteiger partial charge in [-0.15, -0.1) is 0 Å². The van der Waals surface area contributed by atoms with Gasteiger partial charge in [0.05, 0.1) is 24.1 Å². The quantitative estimate of drug-likeness (QED) is 0.828. The normalized spacial score (nSPS) is 20.4. The Morgan fingerprint density at radius 3 is 2.60 bits per heavy atom. The van der Waals surface area contributed by atoms with Crippen molar-refractivity contribution in [2.75, 3.05) is 26.2 Å². The molecule has 3 heterocycles. The van der Waals surface area contributed by atoms with Crippen LogP contribution in [0, 0.1) is 0 Å². The van der Waals surface area contributed by atoms with Crippen LogP contribution in [0.3, 0.4) is 0 Å². The van der Waals surface area contributed by atoms with Crippen LogP contribution in [0.5, 0.6) is 0 Å². The number of hydrogen-bond acceptors (Lipinski definition) is 5. The molecule has 0 atom stereocenters. The van der Waals surface area contributed by atoms with Gasteiger partial charge in [-0.2, -0.15) is 0 Å². The second kappa shape index (κ2) is 6.33. The van der Waals surface area contributed by atoms with Crippen molar-refractivity contribution in [1.29, 1.82) is 0 Å². The topological polar surface area (TPSA) is 105 Å². The monoisotopic (exact) mass is 349 g/mol. The Morgan fingerprint density at radius 1 is 1.32 bits per heavy atom. The number of nitrogens with one attached hydrogen (secondary N) is 1. The molecular weight excluding hydrogens is 322 g/mol. The van der Waals surface area contributed by atoms with E-state index in [4.69, 9.17) is 10.5 Å². The zero-order valence-electron chi connectivity index (χ0n) is 15.2. The Morgan fingerprint density at radius 2 is 2.00 bits per heavy atom. The third-order valence-corrected chi connectivity index (χ3v) is 4.99. The molecule has 8 heteroatoms. The van der Waals surface area contributed by atoms with Gasteiger partial charge in [0.25, 0.3) is 0 Å². The molecule has 0 bridgehead atoms. The summed E-state index contributed by atoms with van der Waals surface area (Å²) in [6.45, 7) is 7.68. The number of carbonyl (C=O) groups excluding carboxylic acids is 2. The van der Waals surface area contributed by atoms with Crippen LogP contribution in [0.4, 0.5) is 4.79 Å². The minimum atomic E-state index is -0.510. The molecule has 1 aromatic heterocycles. The molecule has 25 heavy (non-hydrogen) atoms. The van der Waals surface area contributed by atoms with E-state index in [1.165, 1.54) is 0 Å². The number of nitrogens with zero attached hydrogens (tertiary/aromatic N) is 3. The number of likely N-dealkylation sites (tertiary alicyclic amines) is 1. The summed E-state index contributed by atoms with van der Waals surface area (Å²) in [6, 6.07) is 0. The zero-order valence-corrected chi connectivity index (χ0v) is 15.2. The minimum Gasteiger partial charge on any atom is -0.444 e. The molecule has 1 fully saturated rings. The molecule has 3 N–H and O–H groups in total. The summed E-state index contributed by atoms with van der Waals surface area (Å²) >= 11 is 0. The van der Waals surface area contributed by atoms with Crippen LogP contribution < -0.4 is 5.73 Å². The van der Waals surface area contributed by atoms with Gasteiger partial charge in [0, 0.05) is 31.7 Å². The average Bonchev–Trinajstić information content (AvgIpc) is 2.98. The van der Waals surface area contributed by atoms with Crippen molar-refractivity contribution in [2.45, 2.75) is 51.2 Å². The van der Waals surface area contributed by atoms with E-state index in [1.54, 1.807) is 11.2 Å². The highest BCUT2D eigenvalue weighted by molar-refractivity contribution is 5.76. The minimum absolute atomic E-state index is 0.207. The molecule has 1 saturated heterocycles. The maximum Gasteiger partial charge on any atom is 0.410 e. The molecule has 1 spiro atoms. The first-order valence-corrected chi connectivity index (χ1v) is 8.75. The number of carbonyl (C=O) groups is 2. The summed E-state index contributed by atoms with van der Waals surface area (Å²) in [5.74, 6) is -0.340. The number of piperidine rings is 1. The van der Waals surface area contributed by atoms with Crippen LogP contribution in [0.2, 0.25) is 0 Å². The first kappa shape index (κ1) is 17.7. The van der Waals surface area contributed by atoms with Crippen molar-refractivity contribution >= 4 is 12.0 Å². The van der Waals surface area contributed by atoms with Crippen LogP contribution >= 0.6 is 0 Å². The highest BCUT2D eigenvalue weighted by atomic mass is 16.6. The Hall–Kier alpha value is -2.09. The molecular formula is C17H27N5O3. The molecule has 0 aromatic carbocycles. The molecule has 0 unspecified atom stereocenters. The van der Waals surface area contributed by atoms with Gasteiger partial charge in [-0.1, -0.05) is 0 Å². The van der Waals surface area contributed by atoms with Crippen LogP contribution in [0.15, 0.2) is 6.33 Å². The van der Waals surface area contributed by atoms with Gasteiger partial charge in [0.2, 0.25) is 5.91 Å². The fourth-order valence-electron chi connectivity index (χ4n) is 3.88. The third kappa shape index (κ3) is 3.49. The van der Waals surface area contributed by atoms with Crippen molar-refractivity contribution in [3.8, 4) is 0 Å². The van der Waals surface area contributed by atoms with Gasteiger partial charge >= 0.3 is 6.09 Å². The summed E-state index contributed by atoms with van der Waals surface area (Å²) in [6.07, 6.45) is 3.65. The third-order valence-electron chi connectivity index (χ3n) is 4.99. The second-order valence-corrected chi connectivity index (χ2v) is 7.87. The number of ether oxygens (including phenoxy) is 1. The standard InChI is InChI=1S/C17H27N5O3/c1-16(2,3)25-15(24)21-8-5-17(6-9-21)14-12(19-11-20-14)4-7-22(17)10-13(18)23/h11H,4-10H2,1-3H3,(H2,18,23)(H,19,20). The number of hydrogen-bond donors (Lipinski definition) is 2. The van der Waals surface area contributed by atoms with E-state index in [1.807, 2.05) is 20.8 Å². The first-order valence-electron chi connectivity index (χ1n) is 8.75. The highest BCUT2D eigenvalue weighted by Gasteiger charge is 2.47. The van der Waals surface area contributed by atoms with E-state index in [-0.39, 0.29) is 24.1 Å². The summed E-state index contributed by atoms with van der Waals surface area (Å²) in [5, 5.41) is 0. The number of nitrogens with two attached hydrogens (primary N) is 1. The molecule has 0 aliphatic carbocycles. The van der Waals surface area contributed by atoms with E-state index in [0.29, 0.717) is 25.9 Å². The number of primary amides is 1. The summed E-state index contributed by atoms with van der Waals surface area (Å²) < 4.78 is 5.48. The molecule has 3 rings (SSSR count). The lowest BCUT2D eigenvalue weighted by molar-refractivity contribution is -0.122. The van der Waals surface area contributed by atoms with Crippen LogP contribution in [-0.2, 0) is 21.5 Å². The lowest BCUT2D eigenvalue weighted by Gasteiger charge is -2.50. The molecule has 2 aliphatic rings. The summed E-state index contributed by atoms with van der Waals surface area (Å²) in [5.41, 5.74) is 6.71. The van der Waals surface area contributed by atoms with Gasteiger partial charge in [-0.3, -0.25) is 9.69 Å². The van der Waals surface area contributed by atoms with Crippen LogP contribution in [0.1, 0.15) is 45.0 Å². The molecule has 0 radical (unpaired) electrons. The van der Waals surface area contributed by atoms with E-state index in [0.717, 1.165) is 24.4 Å². The molecule has 0 saturated carbocycles. The molecule has 138 valence electrons.